The maximum Gasteiger partial charge on any atom is 0.343 e. The molecule has 2 aromatic rings. The normalized spacial score (nSPS) is 25.7. The summed E-state index contributed by atoms with van der Waals surface area (Å²) in [6, 6.07) is 6.95. The summed E-state index contributed by atoms with van der Waals surface area (Å²) in [7, 11) is 0. The second-order valence-corrected chi connectivity index (χ2v) is 12.5. The van der Waals surface area contributed by atoms with Crippen LogP contribution in [0.2, 0.25) is 0 Å². The fraction of sp³-hybridized carbons (Fsp3) is 0.571. The van der Waals surface area contributed by atoms with Crippen LogP contribution >= 0.6 is 11.3 Å². The number of pyridine rings is 1. The van der Waals surface area contributed by atoms with Gasteiger partial charge in [-0.3, -0.25) is 10.3 Å². The SMILES string of the molecule is CC1(C([OH2+])=NC(=N)c2cc(N3CCNCC3)cc(N3CCN4CCCC4C3)n2)CCCc2sc(N)c(C#N)c21. The van der Waals surface area contributed by atoms with Gasteiger partial charge in [0.1, 0.15) is 28.0 Å². The summed E-state index contributed by atoms with van der Waals surface area (Å²) in [6.07, 6.45) is 4.94. The molecule has 11 heteroatoms. The van der Waals surface area contributed by atoms with Gasteiger partial charge in [-0.2, -0.15) is 5.26 Å². The molecule has 2 atom stereocenters. The Kier molecular flexibility index (Phi) is 6.95. The van der Waals surface area contributed by atoms with Crippen molar-refractivity contribution in [1.29, 1.82) is 10.7 Å². The highest BCUT2D eigenvalue weighted by Gasteiger charge is 2.45. The molecule has 0 amide bonds. The lowest BCUT2D eigenvalue weighted by molar-refractivity contribution is 0.230. The minimum Gasteiger partial charge on any atom is -0.581 e. The molecular formula is C28H38N9OS+. The smallest absolute Gasteiger partial charge is 0.343 e. The molecule has 6 rings (SSSR count). The van der Waals surface area contributed by atoms with Crippen LogP contribution in [0.25, 0.3) is 0 Å². The van der Waals surface area contributed by atoms with E-state index in [0.717, 1.165) is 80.6 Å². The van der Waals surface area contributed by atoms with Crippen molar-refractivity contribution in [3.8, 4) is 6.07 Å². The highest BCUT2D eigenvalue weighted by molar-refractivity contribution is 7.16. The zero-order valence-corrected chi connectivity index (χ0v) is 23.4. The molecule has 0 aromatic carbocycles. The van der Waals surface area contributed by atoms with Crippen molar-refractivity contribution in [3.63, 3.8) is 0 Å². The topological polar surface area (TPSA) is 144 Å². The van der Waals surface area contributed by atoms with Gasteiger partial charge in [-0.1, -0.05) is 0 Å². The number of hydrogen-bond acceptors (Lipinski definition) is 9. The molecule has 3 aliphatic heterocycles. The van der Waals surface area contributed by atoms with Crippen LogP contribution in [0.15, 0.2) is 17.1 Å². The lowest BCUT2D eigenvalue weighted by Crippen LogP contribution is -2.50. The molecule has 6 N–H and O–H groups in total. The van der Waals surface area contributed by atoms with E-state index in [2.05, 4.69) is 37.1 Å². The predicted octanol–water partition coefficient (Wildman–Crippen LogP) is 2.03. The molecule has 39 heavy (non-hydrogen) atoms. The second kappa shape index (κ2) is 10.4. The first-order chi connectivity index (χ1) is 18.9. The highest BCUT2D eigenvalue weighted by Crippen LogP contribution is 2.46. The van der Waals surface area contributed by atoms with Gasteiger partial charge < -0.3 is 26.0 Å². The van der Waals surface area contributed by atoms with E-state index >= 15 is 0 Å². The van der Waals surface area contributed by atoms with Crippen molar-refractivity contribution < 1.29 is 5.11 Å². The third-order valence-electron chi connectivity index (χ3n) is 8.93. The molecule has 3 fully saturated rings. The number of nitriles is 1. The van der Waals surface area contributed by atoms with Gasteiger partial charge in [0.25, 0.3) is 0 Å². The number of nitrogens with zero attached hydrogens (tertiary/aromatic N) is 6. The number of aromatic nitrogens is 1. The fourth-order valence-electron chi connectivity index (χ4n) is 6.71. The average molecular weight is 549 g/mol. The lowest BCUT2D eigenvalue weighted by Gasteiger charge is -2.39. The molecule has 4 aliphatic rings. The molecule has 5 heterocycles. The largest absolute Gasteiger partial charge is 0.581 e. The van der Waals surface area contributed by atoms with E-state index in [1.807, 2.05) is 13.0 Å². The van der Waals surface area contributed by atoms with Gasteiger partial charge in [0, 0.05) is 74.0 Å². The minimum absolute atomic E-state index is 0.00667. The Morgan fingerprint density at radius 1 is 1.23 bits per heavy atom. The maximum atomic E-state index is 9.81. The molecule has 2 aromatic heterocycles. The van der Waals surface area contributed by atoms with Gasteiger partial charge >= 0.3 is 5.90 Å². The zero-order chi connectivity index (χ0) is 27.1. The summed E-state index contributed by atoms with van der Waals surface area (Å²) in [6.45, 7) is 9.71. The van der Waals surface area contributed by atoms with E-state index < -0.39 is 5.41 Å². The first kappa shape index (κ1) is 26.0. The Labute approximate surface area is 233 Å². The van der Waals surface area contributed by atoms with Crippen LogP contribution in [0, 0.1) is 16.7 Å². The molecule has 10 nitrogen and oxygen atoms in total. The van der Waals surface area contributed by atoms with Crippen molar-refractivity contribution in [2.24, 2.45) is 4.99 Å². The average Bonchev–Trinajstić information content (AvgIpc) is 3.56. The van der Waals surface area contributed by atoms with E-state index in [-0.39, 0.29) is 11.7 Å². The van der Waals surface area contributed by atoms with Gasteiger partial charge in [-0.05, 0) is 51.6 Å². The van der Waals surface area contributed by atoms with E-state index in [9.17, 15) is 5.26 Å². The number of rotatable bonds is 4. The Balaban J connectivity index is 1.34. The summed E-state index contributed by atoms with van der Waals surface area (Å²) in [4.78, 5) is 17.9. The monoisotopic (exact) mass is 548 g/mol. The van der Waals surface area contributed by atoms with Gasteiger partial charge in [0.05, 0.1) is 5.56 Å². The summed E-state index contributed by atoms with van der Waals surface area (Å²) < 4.78 is 0. The first-order valence-electron chi connectivity index (χ1n) is 14.1. The minimum atomic E-state index is -0.753. The van der Waals surface area contributed by atoms with E-state index in [0.29, 0.717) is 28.7 Å². The van der Waals surface area contributed by atoms with Gasteiger partial charge in [0.2, 0.25) is 0 Å². The summed E-state index contributed by atoms with van der Waals surface area (Å²) in [5.74, 6) is 0.980. The van der Waals surface area contributed by atoms with E-state index in [1.54, 1.807) is 0 Å². The Bertz CT molecular complexity index is 1340. The maximum absolute atomic E-state index is 9.81. The van der Waals surface area contributed by atoms with Crippen LogP contribution in [0.4, 0.5) is 16.5 Å². The summed E-state index contributed by atoms with van der Waals surface area (Å²) in [5.41, 5.74) is 8.27. The zero-order valence-electron chi connectivity index (χ0n) is 22.6. The number of aliphatic imine (C=N–C) groups is 1. The standard InChI is InChI=1S/C28H37N9OS/c1-28(6-2-5-22-24(28)20(16-29)26(31)39-22)27(38)34-25(30)21-14-19(36-10-7-32-8-11-36)15-23(33-21)37-13-12-35-9-3-4-18(35)17-37/h14-15,18,32H,2-13,17,31H2,1H3,(H2,30,34,38)/p+1. The Hall–Kier alpha value is -3.20. The number of aryl methyl sites for hydroxylation is 1. The number of amidine groups is 1. The Morgan fingerprint density at radius 3 is 2.85 bits per heavy atom. The van der Waals surface area contributed by atoms with Crippen molar-refractivity contribution >= 4 is 39.6 Å². The number of nitrogen functional groups attached to an aromatic ring is 1. The lowest BCUT2D eigenvalue weighted by atomic mass is 9.72. The first-order valence-corrected chi connectivity index (χ1v) is 14.9. The van der Waals surface area contributed by atoms with Crippen molar-refractivity contribution in [2.75, 3.05) is 67.9 Å². The molecule has 0 spiro atoms. The van der Waals surface area contributed by atoms with Crippen LogP contribution in [0.1, 0.15) is 54.3 Å². The predicted molar refractivity (Wildman–Crippen MR) is 158 cm³/mol. The number of anilines is 3. The van der Waals surface area contributed by atoms with E-state index in [1.165, 1.54) is 30.7 Å². The molecule has 0 bridgehead atoms. The van der Waals surface area contributed by atoms with Gasteiger partial charge in [-0.25, -0.2) is 4.98 Å². The number of fused-ring (bicyclic) bond motifs is 2. The molecule has 2 unspecified atom stereocenters. The van der Waals surface area contributed by atoms with Crippen molar-refractivity contribution in [3.05, 3.63) is 33.8 Å². The molecule has 0 radical (unpaired) electrons. The van der Waals surface area contributed by atoms with Gasteiger partial charge in [0.15, 0.2) is 5.84 Å². The number of hydrogen-bond donors (Lipinski definition) is 3. The van der Waals surface area contributed by atoms with E-state index in [4.69, 9.17) is 21.2 Å². The molecule has 206 valence electrons. The third-order valence-corrected chi connectivity index (χ3v) is 10.0. The van der Waals surface area contributed by atoms with Crippen molar-refractivity contribution in [2.45, 2.75) is 50.5 Å². The van der Waals surface area contributed by atoms with Crippen LogP contribution in [-0.4, -0.2) is 85.1 Å². The number of piperazine rings is 2. The Morgan fingerprint density at radius 2 is 2.05 bits per heavy atom. The number of thiophene rings is 1. The van der Waals surface area contributed by atoms with Crippen LogP contribution in [0.3, 0.4) is 0 Å². The van der Waals surface area contributed by atoms with Crippen LogP contribution in [0.5, 0.6) is 0 Å². The second-order valence-electron chi connectivity index (χ2n) is 11.3. The fourth-order valence-corrected chi connectivity index (χ4v) is 7.91. The molecular weight excluding hydrogens is 510 g/mol. The molecule has 3 saturated heterocycles. The van der Waals surface area contributed by atoms with Crippen LogP contribution in [-0.2, 0) is 11.8 Å². The summed E-state index contributed by atoms with van der Waals surface area (Å²) in [5, 5.41) is 31.8. The molecule has 0 saturated carbocycles. The number of nitrogens with one attached hydrogen (secondary N) is 2. The quantitative estimate of drug-likeness (QED) is 0.301. The van der Waals surface area contributed by atoms with Crippen molar-refractivity contribution in [1.82, 2.24) is 15.2 Å². The summed E-state index contributed by atoms with van der Waals surface area (Å²) >= 11 is 1.45. The third kappa shape index (κ3) is 4.75. The van der Waals surface area contributed by atoms with Gasteiger partial charge in [-0.15, -0.1) is 16.3 Å². The van der Waals surface area contributed by atoms with Crippen LogP contribution < -0.4 is 20.9 Å². The number of nitrogens with two attached hydrogens (primary N) is 1. The highest BCUT2D eigenvalue weighted by atomic mass is 32.1. The molecule has 1 aliphatic carbocycles.